The van der Waals surface area contributed by atoms with Crippen LogP contribution in [0.2, 0.25) is 0 Å². The van der Waals surface area contributed by atoms with Gasteiger partial charge >= 0.3 is 0 Å². The van der Waals surface area contributed by atoms with E-state index >= 15 is 0 Å². The van der Waals surface area contributed by atoms with Crippen LogP contribution in [0.1, 0.15) is 5.56 Å². The van der Waals surface area contributed by atoms with Gasteiger partial charge < -0.3 is 5.21 Å². The summed E-state index contributed by atoms with van der Waals surface area (Å²) in [6.07, 6.45) is 0. The molecule has 5 heteroatoms. The van der Waals surface area contributed by atoms with Gasteiger partial charge in [0.15, 0.2) is 0 Å². The number of hydrogen-bond donors (Lipinski definition) is 1. The Bertz CT molecular complexity index is 837. The number of nitrogens with zero attached hydrogens (tertiary/aromatic N) is 3. The van der Waals surface area contributed by atoms with Crippen molar-refractivity contribution in [2.75, 3.05) is 10.2 Å². The Morgan fingerprint density at radius 1 is 0.667 bits per heavy atom. The van der Waals surface area contributed by atoms with Crippen LogP contribution < -0.4 is 15.4 Å². The van der Waals surface area contributed by atoms with E-state index < -0.39 is 0 Å². The molecule has 1 heterocycles. The summed E-state index contributed by atoms with van der Waals surface area (Å²) in [5.74, 6) is 0.434. The van der Waals surface area contributed by atoms with Crippen molar-refractivity contribution in [2.24, 2.45) is 5.10 Å². The molecule has 118 valence electrons. The second kappa shape index (κ2) is 6.16. The molecular weight excluding hydrogens is 300 g/mol. The Labute approximate surface area is 140 Å². The number of hydroxylamine groups is 1. The number of rotatable bonds is 3. The Balaban J connectivity index is 1.81. The molecule has 0 bridgehead atoms. The number of amidine groups is 1. The maximum Gasteiger partial charge on any atom is 0.279 e. The second-order valence-electron chi connectivity index (χ2n) is 5.39. The normalized spacial score (nSPS) is 17.0. The summed E-state index contributed by atoms with van der Waals surface area (Å²) in [5.41, 5.74) is 2.42. The summed E-state index contributed by atoms with van der Waals surface area (Å²) < 4.78 is 0. The van der Waals surface area contributed by atoms with E-state index in [1.165, 1.54) is 0 Å². The second-order valence-corrected chi connectivity index (χ2v) is 5.39. The first-order valence-electron chi connectivity index (χ1n) is 7.73. The van der Waals surface area contributed by atoms with Crippen molar-refractivity contribution < 1.29 is 5.17 Å². The molecule has 5 nitrogen and oxygen atoms in total. The smallest absolute Gasteiger partial charge is 0.279 e. The van der Waals surface area contributed by atoms with Gasteiger partial charge in [-0.3, -0.25) is 0 Å². The minimum Gasteiger partial charge on any atom is -0.600 e. The summed E-state index contributed by atoms with van der Waals surface area (Å²) in [4.78, 5) is 0. The predicted molar refractivity (Wildman–Crippen MR) is 95.2 cm³/mol. The molecule has 0 radical (unpaired) electrons. The zero-order valence-corrected chi connectivity index (χ0v) is 12.9. The van der Waals surface area contributed by atoms with Crippen molar-refractivity contribution in [3.05, 3.63) is 102 Å². The molecule has 3 aromatic carbocycles. The van der Waals surface area contributed by atoms with Gasteiger partial charge in [0.2, 0.25) is 0 Å². The Hall–Kier alpha value is -3.15. The van der Waals surface area contributed by atoms with Gasteiger partial charge in [0, 0.05) is 0 Å². The minimum absolute atomic E-state index is 0.142. The number of hydrazine groups is 1. The van der Waals surface area contributed by atoms with E-state index in [2.05, 4.69) is 5.10 Å². The number of benzene rings is 3. The van der Waals surface area contributed by atoms with Gasteiger partial charge in [-0.1, -0.05) is 59.7 Å². The van der Waals surface area contributed by atoms with Crippen molar-refractivity contribution in [3.8, 4) is 0 Å². The van der Waals surface area contributed by atoms with Gasteiger partial charge in [-0.15, -0.1) is 10.2 Å². The average Bonchev–Trinajstić information content (AvgIpc) is 3.01. The highest BCUT2D eigenvalue weighted by Gasteiger charge is 2.34. The van der Waals surface area contributed by atoms with Crippen LogP contribution in [0.3, 0.4) is 0 Å². The molecule has 1 aliphatic rings. The number of nitrogens with one attached hydrogen (secondary N) is 1. The lowest BCUT2D eigenvalue weighted by atomic mass is 10.2. The van der Waals surface area contributed by atoms with Crippen LogP contribution in [0.15, 0.2) is 96.1 Å². The van der Waals surface area contributed by atoms with Crippen LogP contribution in [0.25, 0.3) is 0 Å². The number of hydrogen-bond acceptors (Lipinski definition) is 4. The van der Waals surface area contributed by atoms with Gasteiger partial charge in [0.1, 0.15) is 5.69 Å². The quantitative estimate of drug-likeness (QED) is 0.756. The highest BCUT2D eigenvalue weighted by molar-refractivity contribution is 5.94. The summed E-state index contributed by atoms with van der Waals surface area (Å²) in [6, 6.07) is 28.7. The molecule has 4 rings (SSSR count). The van der Waals surface area contributed by atoms with Gasteiger partial charge in [0.25, 0.3) is 5.84 Å². The van der Waals surface area contributed by atoms with E-state index in [9.17, 15) is 5.21 Å². The van der Waals surface area contributed by atoms with E-state index in [4.69, 9.17) is 0 Å². The first-order chi connectivity index (χ1) is 11.8. The molecule has 1 unspecified atom stereocenters. The lowest BCUT2D eigenvalue weighted by Gasteiger charge is -2.32. The average molecular weight is 316 g/mol. The summed E-state index contributed by atoms with van der Waals surface area (Å²) >= 11 is 0. The fourth-order valence-corrected chi connectivity index (χ4v) is 2.68. The van der Waals surface area contributed by atoms with Crippen molar-refractivity contribution in [3.63, 3.8) is 0 Å². The molecule has 0 fully saturated rings. The summed E-state index contributed by atoms with van der Waals surface area (Å²) in [6.45, 7) is 0. The molecule has 3 aromatic rings. The van der Waals surface area contributed by atoms with Crippen LogP contribution in [0, 0.1) is 5.21 Å². The van der Waals surface area contributed by atoms with E-state index in [0.717, 1.165) is 16.9 Å². The zero-order chi connectivity index (χ0) is 16.4. The maximum absolute atomic E-state index is 13.0. The van der Waals surface area contributed by atoms with Crippen LogP contribution in [-0.2, 0) is 0 Å². The van der Waals surface area contributed by atoms with Gasteiger partial charge in [-0.2, -0.15) is 5.17 Å². The Morgan fingerprint density at radius 2 is 1.17 bits per heavy atom. The monoisotopic (exact) mass is 316 g/mol. The summed E-state index contributed by atoms with van der Waals surface area (Å²) in [7, 11) is 0. The molecule has 1 N–H and O–H groups in total. The topological polar surface area (TPSA) is 46.3 Å². The molecular formula is C19H16N4O. The molecule has 1 aliphatic heterocycles. The molecule has 0 aromatic heterocycles. The largest absolute Gasteiger partial charge is 0.600 e. The van der Waals surface area contributed by atoms with Crippen LogP contribution in [0.5, 0.6) is 0 Å². The van der Waals surface area contributed by atoms with Crippen molar-refractivity contribution in [2.45, 2.75) is 0 Å². The molecule has 0 spiro atoms. The van der Waals surface area contributed by atoms with E-state index in [1.807, 2.05) is 91.0 Å². The fraction of sp³-hybridized carbons (Fsp3) is 0. The van der Waals surface area contributed by atoms with Crippen LogP contribution in [0.4, 0.5) is 11.4 Å². The van der Waals surface area contributed by atoms with Gasteiger partial charge in [-0.25, -0.2) is 0 Å². The first kappa shape index (κ1) is 14.4. The molecule has 24 heavy (non-hydrogen) atoms. The lowest BCUT2D eigenvalue weighted by molar-refractivity contribution is -0.752. The standard InChI is InChI=1S/C19H16N4O/c24-23-19(16-10-4-1-5-11-16)20-21(17-12-6-2-7-13-17)22(23)18-14-8-3-9-15-18/h1-15,23H. The minimum atomic E-state index is -0.142. The van der Waals surface area contributed by atoms with Gasteiger partial charge in [-0.05, 0) is 36.4 Å². The van der Waals surface area contributed by atoms with Crippen molar-refractivity contribution >= 4 is 17.2 Å². The number of anilines is 2. The van der Waals surface area contributed by atoms with Crippen LogP contribution >= 0.6 is 0 Å². The Morgan fingerprint density at radius 3 is 1.75 bits per heavy atom. The third kappa shape index (κ3) is 2.52. The third-order valence-electron chi connectivity index (χ3n) is 3.81. The lowest BCUT2D eigenvalue weighted by Crippen LogP contribution is -3.16. The number of para-hydroxylation sites is 2. The molecule has 0 amide bonds. The van der Waals surface area contributed by atoms with E-state index in [-0.39, 0.29) is 5.17 Å². The number of quaternary nitrogens is 1. The van der Waals surface area contributed by atoms with Crippen LogP contribution in [-0.4, -0.2) is 5.84 Å². The SMILES string of the molecule is [O-][NH+]1C(c2ccccc2)=NN(c2ccccc2)N1c1ccccc1. The van der Waals surface area contributed by atoms with Gasteiger partial charge in [0.05, 0.1) is 11.3 Å². The van der Waals surface area contributed by atoms with Crippen molar-refractivity contribution in [1.29, 1.82) is 0 Å². The highest BCUT2D eigenvalue weighted by Crippen LogP contribution is 2.23. The fourth-order valence-electron chi connectivity index (χ4n) is 2.68. The maximum atomic E-state index is 13.0. The summed E-state index contributed by atoms with van der Waals surface area (Å²) in [5, 5.41) is 20.7. The number of hydrazone groups is 1. The van der Waals surface area contributed by atoms with E-state index in [0.29, 0.717) is 5.84 Å². The zero-order valence-electron chi connectivity index (χ0n) is 12.9. The Kier molecular flexibility index (Phi) is 3.70. The molecule has 1 atom stereocenters. The van der Waals surface area contributed by atoms with E-state index in [1.54, 1.807) is 10.2 Å². The molecule has 0 saturated heterocycles. The molecule has 0 aliphatic carbocycles. The predicted octanol–water partition coefficient (Wildman–Crippen LogP) is 2.59. The van der Waals surface area contributed by atoms with Crippen molar-refractivity contribution in [1.82, 2.24) is 0 Å². The first-order valence-corrected chi connectivity index (χ1v) is 7.73. The highest BCUT2D eigenvalue weighted by atomic mass is 16.6. The molecule has 0 saturated carbocycles. The third-order valence-corrected chi connectivity index (χ3v) is 3.81.